The van der Waals surface area contributed by atoms with Crippen molar-refractivity contribution in [3.05, 3.63) is 53.6 Å². The fourth-order valence-corrected chi connectivity index (χ4v) is 4.46. The van der Waals surface area contributed by atoms with E-state index >= 15 is 0 Å². The average molecular weight is 383 g/mol. The molecule has 8 heteroatoms. The van der Waals surface area contributed by atoms with Crippen LogP contribution in [-0.2, 0) is 9.59 Å². The largest absolute Gasteiger partial charge is 0.481 e. The number of carbonyl (C=O) groups is 3. The lowest BCUT2D eigenvalue weighted by Gasteiger charge is -2.23. The van der Waals surface area contributed by atoms with Crippen LogP contribution in [0.4, 0.5) is 10.8 Å². The third kappa shape index (κ3) is 3.35. The van der Waals surface area contributed by atoms with Gasteiger partial charge >= 0.3 is 5.97 Å². The Morgan fingerprint density at radius 1 is 1.11 bits per heavy atom. The molecule has 0 aliphatic heterocycles. The van der Waals surface area contributed by atoms with E-state index in [-0.39, 0.29) is 23.7 Å². The van der Waals surface area contributed by atoms with Gasteiger partial charge < -0.3 is 10.4 Å². The Bertz CT molecular complexity index is 925. The van der Waals surface area contributed by atoms with Gasteiger partial charge in [0.25, 0.3) is 5.91 Å². The summed E-state index contributed by atoms with van der Waals surface area (Å²) in [5.74, 6) is -3.01. The van der Waals surface area contributed by atoms with Crippen molar-refractivity contribution < 1.29 is 19.5 Å². The highest BCUT2D eigenvalue weighted by Gasteiger charge is 2.51. The van der Waals surface area contributed by atoms with E-state index in [0.29, 0.717) is 22.8 Å². The Balaban J connectivity index is 1.48. The number of amides is 2. The molecule has 1 saturated carbocycles. The molecule has 0 saturated heterocycles. The molecule has 1 aromatic carbocycles. The summed E-state index contributed by atoms with van der Waals surface area (Å²) in [6.07, 6.45) is 6.13. The maximum absolute atomic E-state index is 12.7. The third-order valence-corrected chi connectivity index (χ3v) is 5.78. The Hall–Kier alpha value is -3.00. The third-order valence-electron chi connectivity index (χ3n) is 5.09. The van der Waals surface area contributed by atoms with Crippen LogP contribution in [0.5, 0.6) is 0 Å². The molecule has 0 unspecified atom stereocenters. The quantitative estimate of drug-likeness (QED) is 0.688. The number of hydrogen-bond acceptors (Lipinski definition) is 5. The lowest BCUT2D eigenvalue weighted by molar-refractivity contribution is -0.146. The van der Waals surface area contributed by atoms with E-state index in [2.05, 4.69) is 15.6 Å². The van der Waals surface area contributed by atoms with E-state index in [4.69, 9.17) is 0 Å². The number of allylic oxidation sites excluding steroid dienone is 2. The van der Waals surface area contributed by atoms with Gasteiger partial charge in [0.2, 0.25) is 5.91 Å². The predicted octanol–water partition coefficient (Wildman–Crippen LogP) is 2.86. The lowest BCUT2D eigenvalue weighted by atomic mass is 9.82. The van der Waals surface area contributed by atoms with Crippen LogP contribution in [-0.4, -0.2) is 27.9 Å². The maximum Gasteiger partial charge on any atom is 0.307 e. The van der Waals surface area contributed by atoms with E-state index in [1.807, 2.05) is 12.2 Å². The van der Waals surface area contributed by atoms with Crippen molar-refractivity contribution >= 4 is 39.9 Å². The summed E-state index contributed by atoms with van der Waals surface area (Å²) < 4.78 is 0. The first-order valence-electron chi connectivity index (χ1n) is 8.56. The molecule has 1 fully saturated rings. The van der Waals surface area contributed by atoms with Crippen LogP contribution in [0.25, 0.3) is 0 Å². The topological polar surface area (TPSA) is 108 Å². The maximum atomic E-state index is 12.7. The summed E-state index contributed by atoms with van der Waals surface area (Å²) in [5, 5.41) is 17.2. The van der Waals surface area contributed by atoms with Crippen molar-refractivity contribution in [3.63, 3.8) is 0 Å². The number of anilines is 2. The zero-order valence-corrected chi connectivity index (χ0v) is 15.0. The fraction of sp³-hybridized carbons (Fsp3) is 0.263. The average Bonchev–Trinajstić information content (AvgIpc) is 3.38. The number of carbonyl (C=O) groups excluding carboxylic acids is 2. The smallest absolute Gasteiger partial charge is 0.307 e. The van der Waals surface area contributed by atoms with Crippen LogP contribution in [0.2, 0.25) is 0 Å². The van der Waals surface area contributed by atoms with Gasteiger partial charge in [-0.05, 0) is 36.5 Å². The molecule has 4 atom stereocenters. The summed E-state index contributed by atoms with van der Waals surface area (Å²) in [4.78, 5) is 40.6. The Kier molecular flexibility index (Phi) is 4.49. The van der Waals surface area contributed by atoms with Crippen molar-refractivity contribution in [2.24, 2.45) is 23.7 Å². The fourth-order valence-electron chi connectivity index (χ4n) is 3.93. The molecule has 0 radical (unpaired) electrons. The number of carboxylic acid groups (broad SMARTS) is 1. The first-order chi connectivity index (χ1) is 13.0. The zero-order valence-electron chi connectivity index (χ0n) is 14.2. The van der Waals surface area contributed by atoms with Crippen molar-refractivity contribution in [3.8, 4) is 0 Å². The molecule has 138 valence electrons. The first-order valence-corrected chi connectivity index (χ1v) is 9.44. The number of nitrogens with zero attached hydrogens (tertiary/aromatic N) is 1. The van der Waals surface area contributed by atoms with Gasteiger partial charge in [0.1, 0.15) is 0 Å². The number of thiazole rings is 1. The minimum Gasteiger partial charge on any atom is -0.481 e. The molecule has 7 nitrogen and oxygen atoms in total. The van der Waals surface area contributed by atoms with Gasteiger partial charge in [0, 0.05) is 22.8 Å². The van der Waals surface area contributed by atoms with Gasteiger partial charge in [-0.15, -0.1) is 11.3 Å². The number of benzene rings is 1. The molecule has 4 rings (SSSR count). The summed E-state index contributed by atoms with van der Waals surface area (Å²) in [6.45, 7) is 0. The molecule has 0 spiro atoms. The minimum absolute atomic E-state index is 0.0486. The monoisotopic (exact) mass is 383 g/mol. The van der Waals surface area contributed by atoms with Gasteiger partial charge in [-0.2, -0.15) is 0 Å². The van der Waals surface area contributed by atoms with Crippen LogP contribution in [0.15, 0.2) is 48.0 Å². The highest BCUT2D eigenvalue weighted by atomic mass is 32.1. The summed E-state index contributed by atoms with van der Waals surface area (Å²) >= 11 is 1.31. The van der Waals surface area contributed by atoms with Gasteiger partial charge in [0.05, 0.1) is 11.8 Å². The van der Waals surface area contributed by atoms with Crippen molar-refractivity contribution in [2.45, 2.75) is 6.42 Å². The number of nitrogens with one attached hydrogen (secondary N) is 2. The summed E-state index contributed by atoms with van der Waals surface area (Å²) in [5.41, 5.74) is 0.841. The van der Waals surface area contributed by atoms with Gasteiger partial charge in [-0.1, -0.05) is 18.2 Å². The zero-order chi connectivity index (χ0) is 19.0. The number of aliphatic carboxylic acids is 1. The molecular weight excluding hydrogens is 366 g/mol. The van der Waals surface area contributed by atoms with Crippen LogP contribution >= 0.6 is 11.3 Å². The normalized spacial score (nSPS) is 25.3. The van der Waals surface area contributed by atoms with Crippen LogP contribution in [0.1, 0.15) is 16.8 Å². The second kappa shape index (κ2) is 6.96. The molecule has 1 heterocycles. The van der Waals surface area contributed by atoms with Crippen LogP contribution < -0.4 is 10.6 Å². The van der Waals surface area contributed by atoms with Crippen molar-refractivity contribution in [1.29, 1.82) is 0 Å². The standard InChI is InChI=1S/C19H17N3O4S/c23-16(22-19-20-6-7-27-19)12-2-1-3-13(9-12)21-17(24)14-10-4-5-11(8-10)15(14)18(25)26/h1-7,9-11,14-15H,8H2,(H,21,24)(H,25,26)(H,20,22,23)/t10-,11+,14+,15-/m0/s1. The number of hydrogen-bond donors (Lipinski definition) is 3. The molecule has 3 N–H and O–H groups in total. The summed E-state index contributed by atoms with van der Waals surface area (Å²) in [6, 6.07) is 6.55. The SMILES string of the molecule is O=C(Nc1nccs1)c1cccc(NC(=O)[C@H]2[C@@H](C(=O)O)[C@@H]3C=C[C@H]2C3)c1. The lowest BCUT2D eigenvalue weighted by Crippen LogP contribution is -2.36. The highest BCUT2D eigenvalue weighted by Crippen LogP contribution is 2.48. The molecule has 1 aromatic heterocycles. The van der Waals surface area contributed by atoms with Crippen molar-refractivity contribution in [1.82, 2.24) is 4.98 Å². The van der Waals surface area contributed by atoms with E-state index in [1.54, 1.807) is 35.8 Å². The van der Waals surface area contributed by atoms with Gasteiger partial charge in [0.15, 0.2) is 5.13 Å². The van der Waals surface area contributed by atoms with Crippen LogP contribution in [0, 0.1) is 23.7 Å². The number of aromatic nitrogens is 1. The number of fused-ring (bicyclic) bond motifs is 2. The highest BCUT2D eigenvalue weighted by molar-refractivity contribution is 7.13. The van der Waals surface area contributed by atoms with Gasteiger partial charge in [-0.25, -0.2) is 4.98 Å². The predicted molar refractivity (Wildman–Crippen MR) is 100 cm³/mol. The molecule has 2 aliphatic rings. The Labute approximate surface area is 159 Å². The molecular formula is C19H17N3O4S. The Morgan fingerprint density at radius 3 is 2.59 bits per heavy atom. The summed E-state index contributed by atoms with van der Waals surface area (Å²) in [7, 11) is 0. The van der Waals surface area contributed by atoms with E-state index in [1.165, 1.54) is 11.3 Å². The number of rotatable bonds is 5. The molecule has 27 heavy (non-hydrogen) atoms. The van der Waals surface area contributed by atoms with Crippen molar-refractivity contribution in [2.75, 3.05) is 10.6 Å². The number of carboxylic acids is 1. The molecule has 2 amide bonds. The Morgan fingerprint density at radius 2 is 1.89 bits per heavy atom. The van der Waals surface area contributed by atoms with Gasteiger partial charge in [-0.3, -0.25) is 19.7 Å². The first kappa shape index (κ1) is 17.4. The van der Waals surface area contributed by atoms with E-state index in [0.717, 1.165) is 0 Å². The van der Waals surface area contributed by atoms with E-state index in [9.17, 15) is 19.5 Å². The second-order valence-electron chi connectivity index (χ2n) is 6.70. The molecule has 2 aromatic rings. The second-order valence-corrected chi connectivity index (χ2v) is 7.59. The van der Waals surface area contributed by atoms with E-state index < -0.39 is 17.8 Å². The molecule has 2 bridgehead atoms. The van der Waals surface area contributed by atoms with Crippen LogP contribution in [0.3, 0.4) is 0 Å². The minimum atomic E-state index is -0.941. The molecule has 2 aliphatic carbocycles.